The molecule has 0 spiro atoms. The van der Waals surface area contributed by atoms with E-state index < -0.39 is 4.92 Å². The van der Waals surface area contributed by atoms with Gasteiger partial charge in [-0.1, -0.05) is 23.9 Å². The van der Waals surface area contributed by atoms with Crippen LogP contribution in [0.15, 0.2) is 58.2 Å². The molecular weight excluding hydrogens is 354 g/mol. The average molecular weight is 371 g/mol. The highest BCUT2D eigenvalue weighted by molar-refractivity contribution is 7.99. The zero-order chi connectivity index (χ0) is 18.5. The molecule has 26 heavy (non-hydrogen) atoms. The highest BCUT2D eigenvalue weighted by Gasteiger charge is 2.16. The standard InChI is InChI=1S/C18H17N3O4S/c1-3-24-16-9-7-13(8-10-16)17-19-20-18(25-17)26-12(2)14-5-4-6-15(11-14)21(22)23/h4-12H,3H2,1-2H3/t12-/m0/s1. The van der Waals surface area contributed by atoms with Crippen molar-refractivity contribution in [1.29, 1.82) is 0 Å². The number of thioether (sulfide) groups is 1. The van der Waals surface area contributed by atoms with Crippen molar-refractivity contribution < 1.29 is 14.1 Å². The lowest BCUT2D eigenvalue weighted by molar-refractivity contribution is -0.384. The van der Waals surface area contributed by atoms with Crippen LogP contribution in [0.25, 0.3) is 11.5 Å². The SMILES string of the molecule is CCOc1ccc(-c2nnc(S[C@@H](C)c3cccc([N+](=O)[O-])c3)o2)cc1. The number of rotatable bonds is 7. The molecule has 2 aromatic carbocycles. The molecule has 0 fully saturated rings. The summed E-state index contributed by atoms with van der Waals surface area (Å²) < 4.78 is 11.1. The van der Waals surface area contributed by atoms with E-state index in [9.17, 15) is 10.1 Å². The first-order valence-corrected chi connectivity index (χ1v) is 8.92. The first-order valence-electron chi connectivity index (χ1n) is 8.04. The van der Waals surface area contributed by atoms with Gasteiger partial charge in [-0.15, -0.1) is 10.2 Å². The minimum atomic E-state index is -0.405. The Balaban J connectivity index is 1.71. The lowest BCUT2D eigenvalue weighted by Crippen LogP contribution is -1.92. The fraction of sp³-hybridized carbons (Fsp3) is 0.222. The van der Waals surface area contributed by atoms with Crippen molar-refractivity contribution >= 4 is 17.4 Å². The molecule has 0 aliphatic carbocycles. The Hall–Kier alpha value is -2.87. The fourth-order valence-corrected chi connectivity index (χ4v) is 3.15. The molecule has 0 unspecified atom stereocenters. The van der Waals surface area contributed by atoms with Crippen molar-refractivity contribution in [3.8, 4) is 17.2 Å². The van der Waals surface area contributed by atoms with E-state index in [0.29, 0.717) is 17.7 Å². The Kier molecular flexibility index (Phi) is 5.52. The molecule has 8 heteroatoms. The lowest BCUT2D eigenvalue weighted by Gasteiger charge is -2.08. The predicted molar refractivity (Wildman–Crippen MR) is 98.3 cm³/mol. The van der Waals surface area contributed by atoms with E-state index in [4.69, 9.17) is 9.15 Å². The number of non-ortho nitro benzene ring substituents is 1. The molecule has 1 heterocycles. The van der Waals surface area contributed by atoms with Gasteiger partial charge in [-0.25, -0.2) is 0 Å². The fourth-order valence-electron chi connectivity index (χ4n) is 2.34. The molecule has 1 atom stereocenters. The Morgan fingerprint density at radius 1 is 1.23 bits per heavy atom. The van der Waals surface area contributed by atoms with Crippen LogP contribution in [-0.2, 0) is 0 Å². The molecule has 0 saturated carbocycles. The van der Waals surface area contributed by atoms with Gasteiger partial charge in [-0.05, 0) is 43.7 Å². The highest BCUT2D eigenvalue weighted by Crippen LogP contribution is 2.36. The maximum absolute atomic E-state index is 10.9. The average Bonchev–Trinajstić information content (AvgIpc) is 3.11. The summed E-state index contributed by atoms with van der Waals surface area (Å²) in [5, 5.41) is 19.4. The van der Waals surface area contributed by atoms with Gasteiger partial charge in [0.05, 0.1) is 11.5 Å². The topological polar surface area (TPSA) is 91.3 Å². The molecule has 0 aliphatic heterocycles. The van der Waals surface area contributed by atoms with Crippen molar-refractivity contribution in [3.63, 3.8) is 0 Å². The lowest BCUT2D eigenvalue weighted by atomic mass is 10.1. The normalized spacial score (nSPS) is 11.9. The summed E-state index contributed by atoms with van der Waals surface area (Å²) in [5.74, 6) is 1.20. The van der Waals surface area contributed by atoms with E-state index in [1.54, 1.807) is 12.1 Å². The maximum Gasteiger partial charge on any atom is 0.277 e. The molecule has 0 saturated heterocycles. The third kappa shape index (κ3) is 4.20. The van der Waals surface area contributed by atoms with E-state index in [-0.39, 0.29) is 10.9 Å². The van der Waals surface area contributed by atoms with Gasteiger partial charge >= 0.3 is 0 Å². The zero-order valence-corrected chi connectivity index (χ0v) is 15.1. The number of nitro benzene ring substituents is 1. The highest BCUT2D eigenvalue weighted by atomic mass is 32.2. The van der Waals surface area contributed by atoms with E-state index in [2.05, 4.69) is 10.2 Å². The van der Waals surface area contributed by atoms with Crippen LogP contribution in [0.2, 0.25) is 0 Å². The van der Waals surface area contributed by atoms with E-state index in [1.165, 1.54) is 17.8 Å². The predicted octanol–water partition coefficient (Wildman–Crippen LogP) is 4.90. The summed E-state index contributed by atoms with van der Waals surface area (Å²) in [7, 11) is 0. The second-order valence-corrected chi connectivity index (χ2v) is 6.73. The summed E-state index contributed by atoms with van der Waals surface area (Å²) in [6.07, 6.45) is 0. The monoisotopic (exact) mass is 371 g/mol. The van der Waals surface area contributed by atoms with Crippen LogP contribution in [0.1, 0.15) is 24.7 Å². The van der Waals surface area contributed by atoms with Crippen molar-refractivity contribution in [2.75, 3.05) is 6.61 Å². The molecule has 0 radical (unpaired) electrons. The summed E-state index contributed by atoms with van der Waals surface area (Å²) in [5.41, 5.74) is 1.69. The van der Waals surface area contributed by atoms with Crippen molar-refractivity contribution in [1.82, 2.24) is 10.2 Å². The quantitative estimate of drug-likeness (QED) is 0.331. The molecule has 0 N–H and O–H groups in total. The third-order valence-electron chi connectivity index (χ3n) is 3.65. The number of ether oxygens (including phenoxy) is 1. The minimum absolute atomic E-state index is 0.0653. The van der Waals surface area contributed by atoms with Crippen LogP contribution in [0, 0.1) is 10.1 Å². The van der Waals surface area contributed by atoms with Crippen molar-refractivity contribution in [2.45, 2.75) is 24.3 Å². The maximum atomic E-state index is 10.9. The first kappa shape index (κ1) is 17.9. The third-order valence-corrected chi connectivity index (χ3v) is 4.64. The van der Waals surface area contributed by atoms with Gasteiger partial charge in [0.1, 0.15) is 5.75 Å². The second kappa shape index (κ2) is 8.01. The van der Waals surface area contributed by atoms with Crippen LogP contribution >= 0.6 is 11.8 Å². The molecule has 3 rings (SSSR count). The largest absolute Gasteiger partial charge is 0.494 e. The Morgan fingerprint density at radius 2 is 2.00 bits per heavy atom. The van der Waals surface area contributed by atoms with Gasteiger partial charge in [0.25, 0.3) is 10.9 Å². The molecule has 0 aliphatic rings. The summed E-state index contributed by atoms with van der Waals surface area (Å²) >= 11 is 1.36. The van der Waals surface area contributed by atoms with Crippen LogP contribution in [0.5, 0.6) is 5.75 Å². The summed E-state index contributed by atoms with van der Waals surface area (Å²) in [6.45, 7) is 4.47. The summed E-state index contributed by atoms with van der Waals surface area (Å²) in [4.78, 5) is 10.5. The number of hydrogen-bond donors (Lipinski definition) is 0. The number of aromatic nitrogens is 2. The Labute approximate surface area is 154 Å². The zero-order valence-electron chi connectivity index (χ0n) is 14.3. The molecule has 1 aromatic heterocycles. The summed E-state index contributed by atoms with van der Waals surface area (Å²) in [6, 6.07) is 14.0. The van der Waals surface area contributed by atoms with Gasteiger partial charge in [-0.2, -0.15) is 0 Å². The number of benzene rings is 2. The molecule has 7 nitrogen and oxygen atoms in total. The number of hydrogen-bond acceptors (Lipinski definition) is 7. The van der Waals surface area contributed by atoms with Gasteiger partial charge in [0.2, 0.25) is 5.89 Å². The van der Waals surface area contributed by atoms with Crippen LogP contribution in [0.3, 0.4) is 0 Å². The first-order chi connectivity index (χ1) is 12.6. The molecular formula is C18H17N3O4S. The van der Waals surface area contributed by atoms with Gasteiger partial charge in [0, 0.05) is 22.9 Å². The molecule has 3 aromatic rings. The van der Waals surface area contributed by atoms with Gasteiger partial charge < -0.3 is 9.15 Å². The molecule has 0 amide bonds. The molecule has 134 valence electrons. The van der Waals surface area contributed by atoms with Crippen LogP contribution in [-0.4, -0.2) is 21.7 Å². The van der Waals surface area contributed by atoms with Crippen molar-refractivity contribution in [3.05, 3.63) is 64.2 Å². The van der Waals surface area contributed by atoms with Gasteiger partial charge in [-0.3, -0.25) is 10.1 Å². The second-order valence-electron chi connectivity index (χ2n) is 5.44. The Morgan fingerprint density at radius 3 is 2.69 bits per heavy atom. The van der Waals surface area contributed by atoms with E-state index >= 15 is 0 Å². The smallest absolute Gasteiger partial charge is 0.277 e. The van der Waals surface area contributed by atoms with Gasteiger partial charge in [0.15, 0.2) is 0 Å². The minimum Gasteiger partial charge on any atom is -0.494 e. The van der Waals surface area contributed by atoms with Crippen LogP contribution in [0.4, 0.5) is 5.69 Å². The van der Waals surface area contributed by atoms with Crippen molar-refractivity contribution in [2.24, 2.45) is 0 Å². The van der Waals surface area contributed by atoms with E-state index in [0.717, 1.165) is 16.9 Å². The Bertz CT molecular complexity index is 895. The molecule has 0 bridgehead atoms. The van der Waals surface area contributed by atoms with E-state index in [1.807, 2.05) is 44.2 Å². The number of nitrogens with zero attached hydrogens (tertiary/aromatic N) is 3. The number of nitro groups is 1. The van der Waals surface area contributed by atoms with Crippen LogP contribution < -0.4 is 4.74 Å².